The topological polar surface area (TPSA) is 98.5 Å². The SMILES string of the molecule is Cc1cc(C)c(S(=O)(=O)Nc2ccccc2C(=O)OCc2cc(C)no2)c(C)c1. The van der Waals surface area contributed by atoms with Crippen LogP contribution in [0.1, 0.15) is 38.5 Å². The summed E-state index contributed by atoms with van der Waals surface area (Å²) in [6.07, 6.45) is 0. The molecule has 1 aromatic heterocycles. The smallest absolute Gasteiger partial charge is 0.340 e. The summed E-state index contributed by atoms with van der Waals surface area (Å²) in [6.45, 7) is 7.05. The molecule has 0 amide bonds. The summed E-state index contributed by atoms with van der Waals surface area (Å²) in [5.74, 6) is -0.269. The molecule has 2 aromatic carbocycles. The van der Waals surface area contributed by atoms with E-state index in [0.29, 0.717) is 22.6 Å². The molecule has 29 heavy (non-hydrogen) atoms. The Morgan fingerprint density at radius 3 is 2.34 bits per heavy atom. The van der Waals surface area contributed by atoms with E-state index in [2.05, 4.69) is 9.88 Å². The standard InChI is InChI=1S/C21H22N2O5S/c1-13-9-14(2)20(15(3)10-13)29(25,26)23-19-8-6-5-7-18(19)21(24)27-12-17-11-16(4)22-28-17/h5-11,23H,12H2,1-4H3. The number of carbonyl (C=O) groups excluding carboxylic acids is 1. The molecular weight excluding hydrogens is 392 g/mol. The van der Waals surface area contributed by atoms with Crippen molar-refractivity contribution in [2.75, 3.05) is 4.72 Å². The van der Waals surface area contributed by atoms with Crippen molar-refractivity contribution < 1.29 is 22.5 Å². The van der Waals surface area contributed by atoms with Gasteiger partial charge < -0.3 is 9.26 Å². The van der Waals surface area contributed by atoms with Gasteiger partial charge in [0.05, 0.1) is 21.8 Å². The van der Waals surface area contributed by atoms with Crippen LogP contribution in [-0.2, 0) is 21.4 Å². The van der Waals surface area contributed by atoms with Crippen molar-refractivity contribution in [1.29, 1.82) is 0 Å². The van der Waals surface area contributed by atoms with Gasteiger partial charge in [0.15, 0.2) is 12.4 Å². The van der Waals surface area contributed by atoms with Gasteiger partial charge in [-0.1, -0.05) is 35.0 Å². The van der Waals surface area contributed by atoms with Gasteiger partial charge in [-0.25, -0.2) is 13.2 Å². The average molecular weight is 414 g/mol. The Balaban J connectivity index is 1.86. The van der Waals surface area contributed by atoms with E-state index in [9.17, 15) is 13.2 Å². The van der Waals surface area contributed by atoms with Gasteiger partial charge in [-0.15, -0.1) is 0 Å². The van der Waals surface area contributed by atoms with Gasteiger partial charge in [0, 0.05) is 6.07 Å². The van der Waals surface area contributed by atoms with Crippen LogP contribution in [0, 0.1) is 27.7 Å². The minimum Gasteiger partial charge on any atom is -0.454 e. The molecule has 1 heterocycles. The highest BCUT2D eigenvalue weighted by Gasteiger charge is 2.23. The van der Waals surface area contributed by atoms with E-state index in [0.717, 1.165) is 5.56 Å². The number of ether oxygens (including phenoxy) is 1. The monoisotopic (exact) mass is 414 g/mol. The number of carbonyl (C=O) groups is 1. The van der Waals surface area contributed by atoms with Gasteiger partial charge in [-0.3, -0.25) is 4.72 Å². The fourth-order valence-electron chi connectivity index (χ4n) is 3.24. The van der Waals surface area contributed by atoms with Crippen LogP contribution in [0.4, 0.5) is 5.69 Å². The first-order valence-corrected chi connectivity index (χ1v) is 10.4. The second-order valence-corrected chi connectivity index (χ2v) is 8.51. The maximum Gasteiger partial charge on any atom is 0.340 e. The Morgan fingerprint density at radius 2 is 1.72 bits per heavy atom. The van der Waals surface area contributed by atoms with E-state index in [1.54, 1.807) is 51.1 Å². The Bertz CT molecular complexity index is 1140. The van der Waals surface area contributed by atoms with E-state index in [4.69, 9.17) is 9.26 Å². The Morgan fingerprint density at radius 1 is 1.07 bits per heavy atom. The van der Waals surface area contributed by atoms with Crippen molar-refractivity contribution in [2.45, 2.75) is 39.2 Å². The molecule has 1 N–H and O–H groups in total. The summed E-state index contributed by atoms with van der Waals surface area (Å²) in [5, 5.41) is 3.73. The van der Waals surface area contributed by atoms with E-state index >= 15 is 0 Å². The summed E-state index contributed by atoms with van der Waals surface area (Å²) >= 11 is 0. The van der Waals surface area contributed by atoms with Crippen molar-refractivity contribution in [3.8, 4) is 0 Å². The molecule has 7 nitrogen and oxygen atoms in total. The van der Waals surface area contributed by atoms with Crippen LogP contribution in [-0.4, -0.2) is 19.5 Å². The number of hydrogen-bond acceptors (Lipinski definition) is 6. The second-order valence-electron chi connectivity index (χ2n) is 6.89. The highest BCUT2D eigenvalue weighted by Crippen LogP contribution is 2.26. The number of sulfonamides is 1. The van der Waals surface area contributed by atoms with Crippen molar-refractivity contribution >= 4 is 21.7 Å². The molecule has 0 radical (unpaired) electrons. The molecule has 0 saturated carbocycles. The molecule has 152 valence electrons. The predicted molar refractivity (Wildman–Crippen MR) is 108 cm³/mol. The van der Waals surface area contributed by atoms with Gasteiger partial charge in [-0.2, -0.15) is 0 Å². The largest absolute Gasteiger partial charge is 0.454 e. The highest BCUT2D eigenvalue weighted by molar-refractivity contribution is 7.92. The number of aryl methyl sites for hydroxylation is 4. The quantitative estimate of drug-likeness (QED) is 0.611. The van der Waals surface area contributed by atoms with Gasteiger partial charge in [0.2, 0.25) is 0 Å². The lowest BCUT2D eigenvalue weighted by Crippen LogP contribution is -2.18. The number of aromatic nitrogens is 1. The van der Waals surface area contributed by atoms with Crippen LogP contribution in [0.5, 0.6) is 0 Å². The third-order valence-electron chi connectivity index (χ3n) is 4.29. The van der Waals surface area contributed by atoms with Crippen LogP contribution < -0.4 is 4.72 Å². The number of rotatable bonds is 6. The Labute approximate surface area is 169 Å². The van der Waals surface area contributed by atoms with Crippen molar-refractivity contribution in [3.05, 3.63) is 76.2 Å². The average Bonchev–Trinajstić information content (AvgIpc) is 3.04. The molecule has 0 aliphatic heterocycles. The van der Waals surface area contributed by atoms with Crippen molar-refractivity contribution in [3.63, 3.8) is 0 Å². The van der Waals surface area contributed by atoms with Crippen LogP contribution in [0.15, 0.2) is 51.9 Å². The fraction of sp³-hybridized carbons (Fsp3) is 0.238. The molecule has 0 aliphatic carbocycles. The zero-order valence-corrected chi connectivity index (χ0v) is 17.5. The third kappa shape index (κ3) is 4.65. The second kappa shape index (κ2) is 8.08. The maximum absolute atomic E-state index is 13.0. The summed E-state index contributed by atoms with van der Waals surface area (Å²) in [4.78, 5) is 12.7. The number of nitrogens with zero attached hydrogens (tertiary/aromatic N) is 1. The number of nitrogens with one attached hydrogen (secondary N) is 1. The summed E-state index contributed by atoms with van der Waals surface area (Å²) in [6, 6.07) is 11.6. The van der Waals surface area contributed by atoms with Gasteiger partial charge in [-0.05, 0) is 51.0 Å². The summed E-state index contributed by atoms with van der Waals surface area (Å²) in [5.41, 5.74) is 3.17. The van der Waals surface area contributed by atoms with E-state index in [-0.39, 0.29) is 22.8 Å². The summed E-state index contributed by atoms with van der Waals surface area (Å²) in [7, 11) is -3.90. The number of benzene rings is 2. The van der Waals surface area contributed by atoms with Crippen molar-refractivity contribution in [2.24, 2.45) is 0 Å². The zero-order valence-electron chi connectivity index (χ0n) is 16.6. The molecule has 8 heteroatoms. The maximum atomic E-state index is 13.0. The Hall–Kier alpha value is -3.13. The molecule has 0 saturated heterocycles. The number of esters is 1. The zero-order chi connectivity index (χ0) is 21.2. The molecule has 0 aliphatic rings. The minimum absolute atomic E-state index is 0.100. The number of hydrogen-bond donors (Lipinski definition) is 1. The van der Waals surface area contributed by atoms with Crippen LogP contribution in [0.2, 0.25) is 0 Å². The molecule has 0 fully saturated rings. The molecule has 0 spiro atoms. The fourth-order valence-corrected chi connectivity index (χ4v) is 4.77. The number of anilines is 1. The first kappa shape index (κ1) is 20.6. The molecule has 0 atom stereocenters. The molecule has 3 rings (SSSR count). The van der Waals surface area contributed by atoms with Crippen LogP contribution >= 0.6 is 0 Å². The predicted octanol–water partition coefficient (Wildman–Crippen LogP) is 4.07. The summed E-state index contributed by atoms with van der Waals surface area (Å²) < 4.78 is 38.8. The lowest BCUT2D eigenvalue weighted by molar-refractivity contribution is 0.0438. The molecule has 3 aromatic rings. The third-order valence-corrected chi connectivity index (χ3v) is 5.96. The highest BCUT2D eigenvalue weighted by atomic mass is 32.2. The van der Waals surface area contributed by atoms with E-state index in [1.807, 2.05) is 6.92 Å². The van der Waals surface area contributed by atoms with Gasteiger partial charge >= 0.3 is 5.97 Å². The first-order chi connectivity index (χ1) is 13.7. The Kier molecular flexibility index (Phi) is 5.74. The lowest BCUT2D eigenvalue weighted by Gasteiger charge is -2.15. The molecule has 0 unspecified atom stereocenters. The number of para-hydroxylation sites is 1. The molecule has 0 bridgehead atoms. The first-order valence-electron chi connectivity index (χ1n) is 8.96. The molecular formula is C21H22N2O5S. The van der Waals surface area contributed by atoms with Gasteiger partial charge in [0.25, 0.3) is 10.0 Å². The van der Waals surface area contributed by atoms with Crippen LogP contribution in [0.25, 0.3) is 0 Å². The van der Waals surface area contributed by atoms with E-state index < -0.39 is 16.0 Å². The lowest BCUT2D eigenvalue weighted by atomic mass is 10.1. The van der Waals surface area contributed by atoms with Gasteiger partial charge in [0.1, 0.15) is 0 Å². The van der Waals surface area contributed by atoms with Crippen LogP contribution in [0.3, 0.4) is 0 Å². The normalized spacial score (nSPS) is 11.3. The van der Waals surface area contributed by atoms with Crippen molar-refractivity contribution in [1.82, 2.24) is 5.16 Å². The minimum atomic E-state index is -3.90. The van der Waals surface area contributed by atoms with E-state index in [1.165, 1.54) is 12.1 Å².